The van der Waals surface area contributed by atoms with Crippen LogP contribution in [-0.4, -0.2) is 22.0 Å². The first-order valence-corrected chi connectivity index (χ1v) is 7.07. The molecule has 0 amide bonds. The minimum absolute atomic E-state index is 0.325. The predicted octanol–water partition coefficient (Wildman–Crippen LogP) is 3.21. The second kappa shape index (κ2) is 4.57. The summed E-state index contributed by atoms with van der Waals surface area (Å²) in [4.78, 5) is 0. The van der Waals surface area contributed by atoms with Gasteiger partial charge in [-0.25, -0.2) is 0 Å². The van der Waals surface area contributed by atoms with Gasteiger partial charge in [0.1, 0.15) is 0 Å². The van der Waals surface area contributed by atoms with Gasteiger partial charge in [-0.2, -0.15) is 5.10 Å². The van der Waals surface area contributed by atoms with Gasteiger partial charge in [-0.15, -0.1) is 0 Å². The van der Waals surface area contributed by atoms with Gasteiger partial charge >= 0.3 is 0 Å². The predicted molar refractivity (Wildman–Crippen MR) is 76.0 cm³/mol. The molecule has 90 valence electrons. The SMILES string of the molecule is CC1CCC(Cn2ncc3ccc(I)cc32)O1. The molecule has 2 aromatic rings. The molecule has 0 radical (unpaired) electrons. The van der Waals surface area contributed by atoms with Gasteiger partial charge in [0.2, 0.25) is 0 Å². The van der Waals surface area contributed by atoms with Crippen LogP contribution in [0.3, 0.4) is 0 Å². The van der Waals surface area contributed by atoms with Crippen LogP contribution >= 0.6 is 22.6 Å². The third-order valence-electron chi connectivity index (χ3n) is 3.30. The molecule has 17 heavy (non-hydrogen) atoms. The minimum atomic E-state index is 0.325. The molecule has 2 atom stereocenters. The highest BCUT2D eigenvalue weighted by atomic mass is 127. The van der Waals surface area contributed by atoms with Crippen molar-refractivity contribution in [1.82, 2.24) is 9.78 Å². The van der Waals surface area contributed by atoms with E-state index in [-0.39, 0.29) is 0 Å². The molecule has 1 aliphatic heterocycles. The Labute approximate surface area is 114 Å². The number of ether oxygens (including phenoxy) is 1. The van der Waals surface area contributed by atoms with Crippen molar-refractivity contribution in [3.63, 3.8) is 0 Å². The average molecular weight is 342 g/mol. The molecule has 0 aliphatic carbocycles. The minimum Gasteiger partial charge on any atom is -0.373 e. The monoisotopic (exact) mass is 342 g/mol. The Morgan fingerprint density at radius 1 is 1.47 bits per heavy atom. The molecule has 2 heterocycles. The van der Waals surface area contributed by atoms with Crippen LogP contribution in [0.5, 0.6) is 0 Å². The molecule has 0 spiro atoms. The summed E-state index contributed by atoms with van der Waals surface area (Å²) in [7, 11) is 0. The van der Waals surface area contributed by atoms with Crippen LogP contribution in [0.1, 0.15) is 19.8 Å². The molecule has 0 bridgehead atoms. The van der Waals surface area contributed by atoms with Crippen molar-refractivity contribution in [1.29, 1.82) is 0 Å². The van der Waals surface area contributed by atoms with Crippen LogP contribution in [0, 0.1) is 3.57 Å². The molecule has 1 saturated heterocycles. The highest BCUT2D eigenvalue weighted by molar-refractivity contribution is 14.1. The normalized spacial score (nSPS) is 24.6. The maximum atomic E-state index is 5.85. The van der Waals surface area contributed by atoms with Crippen molar-refractivity contribution in [3.05, 3.63) is 28.0 Å². The van der Waals surface area contributed by atoms with E-state index in [0.29, 0.717) is 12.2 Å². The van der Waals surface area contributed by atoms with E-state index < -0.39 is 0 Å². The van der Waals surface area contributed by atoms with Crippen LogP contribution < -0.4 is 0 Å². The standard InChI is InChI=1S/C13H15IN2O/c1-9-2-5-12(17-9)8-16-13-6-11(14)4-3-10(13)7-15-16/h3-4,6-7,9,12H,2,5,8H2,1H3. The quantitative estimate of drug-likeness (QED) is 0.784. The van der Waals surface area contributed by atoms with E-state index in [9.17, 15) is 0 Å². The maximum absolute atomic E-state index is 5.85. The van der Waals surface area contributed by atoms with E-state index in [1.165, 1.54) is 20.9 Å². The Kier molecular flexibility index (Phi) is 3.08. The highest BCUT2D eigenvalue weighted by Crippen LogP contribution is 2.23. The largest absolute Gasteiger partial charge is 0.373 e. The number of halogens is 1. The zero-order valence-corrected chi connectivity index (χ0v) is 11.9. The van der Waals surface area contributed by atoms with E-state index >= 15 is 0 Å². The average Bonchev–Trinajstić information content (AvgIpc) is 2.87. The molecule has 2 unspecified atom stereocenters. The lowest BCUT2D eigenvalue weighted by molar-refractivity contribution is 0.0445. The molecule has 1 aliphatic rings. The Bertz CT molecular complexity index is 537. The van der Waals surface area contributed by atoms with Gasteiger partial charge in [-0.1, -0.05) is 6.07 Å². The number of fused-ring (bicyclic) bond motifs is 1. The lowest BCUT2D eigenvalue weighted by atomic mass is 10.2. The van der Waals surface area contributed by atoms with Crippen molar-refractivity contribution in [2.45, 2.75) is 38.5 Å². The van der Waals surface area contributed by atoms with Crippen molar-refractivity contribution in [3.8, 4) is 0 Å². The summed E-state index contributed by atoms with van der Waals surface area (Å²) in [5.74, 6) is 0. The molecule has 0 saturated carbocycles. The van der Waals surface area contributed by atoms with E-state index in [4.69, 9.17) is 4.74 Å². The van der Waals surface area contributed by atoms with Crippen LogP contribution in [0.4, 0.5) is 0 Å². The van der Waals surface area contributed by atoms with Crippen molar-refractivity contribution >= 4 is 33.5 Å². The summed E-state index contributed by atoms with van der Waals surface area (Å²) >= 11 is 2.34. The summed E-state index contributed by atoms with van der Waals surface area (Å²) < 4.78 is 9.17. The van der Waals surface area contributed by atoms with Gasteiger partial charge in [0, 0.05) is 8.96 Å². The van der Waals surface area contributed by atoms with Gasteiger partial charge in [-0.3, -0.25) is 4.68 Å². The number of rotatable bonds is 2. The Morgan fingerprint density at radius 3 is 3.12 bits per heavy atom. The number of hydrogen-bond donors (Lipinski definition) is 0. The van der Waals surface area contributed by atoms with E-state index in [2.05, 4.69) is 57.5 Å². The zero-order chi connectivity index (χ0) is 11.8. The summed E-state index contributed by atoms with van der Waals surface area (Å²) in [6, 6.07) is 6.42. The molecule has 1 aromatic heterocycles. The molecule has 1 fully saturated rings. The second-order valence-corrected chi connectivity index (χ2v) is 5.92. The maximum Gasteiger partial charge on any atom is 0.0775 e. The fourth-order valence-electron chi connectivity index (χ4n) is 2.40. The zero-order valence-electron chi connectivity index (χ0n) is 9.77. The molecule has 1 aromatic carbocycles. The number of benzene rings is 1. The Hall–Kier alpha value is -0.620. The van der Waals surface area contributed by atoms with Gasteiger partial charge in [0.25, 0.3) is 0 Å². The first-order chi connectivity index (χ1) is 8.22. The molecule has 0 N–H and O–H groups in total. The molecular formula is C13H15IN2O. The lowest BCUT2D eigenvalue weighted by Gasteiger charge is -2.11. The number of nitrogens with zero attached hydrogens (tertiary/aromatic N) is 2. The summed E-state index contributed by atoms with van der Waals surface area (Å²) in [6.45, 7) is 3.01. The van der Waals surface area contributed by atoms with Gasteiger partial charge in [-0.05, 0) is 54.5 Å². The number of hydrogen-bond acceptors (Lipinski definition) is 2. The number of aromatic nitrogens is 2. The summed E-state index contributed by atoms with van der Waals surface area (Å²) in [5, 5.41) is 5.66. The summed E-state index contributed by atoms with van der Waals surface area (Å²) in [6.07, 6.45) is 4.98. The molecule has 4 heteroatoms. The van der Waals surface area contributed by atoms with Crippen LogP contribution in [-0.2, 0) is 11.3 Å². The van der Waals surface area contributed by atoms with Gasteiger partial charge in [0.15, 0.2) is 0 Å². The molecule has 3 nitrogen and oxygen atoms in total. The molecular weight excluding hydrogens is 327 g/mol. The fourth-order valence-corrected chi connectivity index (χ4v) is 2.88. The molecule has 3 rings (SSSR count). The summed E-state index contributed by atoms with van der Waals surface area (Å²) in [5.41, 5.74) is 1.21. The first-order valence-electron chi connectivity index (χ1n) is 5.99. The van der Waals surface area contributed by atoms with Gasteiger partial charge in [0.05, 0.1) is 30.5 Å². The van der Waals surface area contributed by atoms with Crippen LogP contribution in [0.25, 0.3) is 10.9 Å². The van der Waals surface area contributed by atoms with Crippen molar-refractivity contribution < 1.29 is 4.74 Å². The smallest absolute Gasteiger partial charge is 0.0775 e. The Morgan fingerprint density at radius 2 is 2.35 bits per heavy atom. The van der Waals surface area contributed by atoms with E-state index in [1.54, 1.807) is 0 Å². The first kappa shape index (κ1) is 11.5. The van der Waals surface area contributed by atoms with E-state index in [1.807, 2.05) is 6.20 Å². The third-order valence-corrected chi connectivity index (χ3v) is 3.97. The highest BCUT2D eigenvalue weighted by Gasteiger charge is 2.22. The third kappa shape index (κ3) is 2.33. The fraction of sp³-hybridized carbons (Fsp3) is 0.462. The van der Waals surface area contributed by atoms with Crippen LogP contribution in [0.15, 0.2) is 24.4 Å². The van der Waals surface area contributed by atoms with Gasteiger partial charge < -0.3 is 4.74 Å². The lowest BCUT2D eigenvalue weighted by Crippen LogP contribution is -2.17. The Balaban J connectivity index is 1.87. The topological polar surface area (TPSA) is 27.1 Å². The van der Waals surface area contributed by atoms with E-state index in [0.717, 1.165) is 13.0 Å². The van der Waals surface area contributed by atoms with Crippen molar-refractivity contribution in [2.75, 3.05) is 0 Å². The van der Waals surface area contributed by atoms with Crippen molar-refractivity contribution in [2.24, 2.45) is 0 Å². The second-order valence-electron chi connectivity index (χ2n) is 4.68. The van der Waals surface area contributed by atoms with Crippen LogP contribution in [0.2, 0.25) is 0 Å².